The normalized spacial score (nSPS) is 11.8. The molecule has 0 saturated carbocycles. The van der Waals surface area contributed by atoms with Crippen LogP contribution in [0.5, 0.6) is 0 Å². The van der Waals surface area contributed by atoms with Crippen molar-refractivity contribution in [2.75, 3.05) is 12.9 Å². The molecule has 6 heteroatoms. The summed E-state index contributed by atoms with van der Waals surface area (Å²) in [6.07, 6.45) is 2.04. The van der Waals surface area contributed by atoms with Gasteiger partial charge in [0.1, 0.15) is 0 Å². The minimum atomic E-state index is -0.386. The summed E-state index contributed by atoms with van der Waals surface area (Å²) in [5, 5.41) is 3.77. The van der Waals surface area contributed by atoms with Gasteiger partial charge in [0.15, 0.2) is 11.0 Å². The van der Waals surface area contributed by atoms with Gasteiger partial charge in [0.25, 0.3) is 5.65 Å². The maximum atomic E-state index is 13.6. The van der Waals surface area contributed by atoms with Crippen molar-refractivity contribution >= 4 is 56.0 Å². The Morgan fingerprint density at radius 1 is 1.10 bits per heavy atom. The summed E-state index contributed by atoms with van der Waals surface area (Å²) in [5.41, 5.74) is 2.77. The molecular weight excluding hydrogens is 384 g/mol. The highest BCUT2D eigenvalue weighted by Crippen LogP contribution is 2.34. The lowest BCUT2D eigenvalue weighted by Gasteiger charge is -2.08. The molecule has 29 heavy (non-hydrogen) atoms. The average Bonchev–Trinajstić information content (AvgIpc) is 3.04. The predicted molar refractivity (Wildman–Crippen MR) is 116 cm³/mol. The van der Waals surface area contributed by atoms with Gasteiger partial charge in [0.2, 0.25) is 0 Å². The van der Waals surface area contributed by atoms with E-state index < -0.39 is 0 Å². The summed E-state index contributed by atoms with van der Waals surface area (Å²) >= 11 is 1.68. The Kier molecular flexibility index (Phi) is 3.99. The molecule has 3 aromatic carbocycles. The van der Waals surface area contributed by atoms with E-state index >= 15 is 0 Å². The van der Waals surface area contributed by atoms with Crippen molar-refractivity contribution in [3.8, 4) is 0 Å². The molecule has 5 nitrogen and oxygen atoms in total. The number of aryl methyl sites for hydroxylation is 1. The molecule has 0 aliphatic rings. The molecule has 0 saturated heterocycles. The van der Waals surface area contributed by atoms with Gasteiger partial charge in [0.05, 0.1) is 30.0 Å². The maximum Gasteiger partial charge on any atom is 0.347 e. The van der Waals surface area contributed by atoms with Crippen LogP contribution >= 0.6 is 11.8 Å². The van der Waals surface area contributed by atoms with E-state index in [1.807, 2.05) is 36.1 Å². The smallest absolute Gasteiger partial charge is 0.347 e. The Bertz CT molecular complexity index is 1500. The molecule has 0 unspecified atom stereocenters. The summed E-state index contributed by atoms with van der Waals surface area (Å²) in [7, 11) is 1.95. The lowest BCUT2D eigenvalue weighted by atomic mass is 10.0. The van der Waals surface area contributed by atoms with Crippen molar-refractivity contribution in [3.63, 3.8) is 0 Å². The number of imidazole rings is 1. The lowest BCUT2D eigenvalue weighted by molar-refractivity contribution is -0.617. The van der Waals surface area contributed by atoms with E-state index in [1.54, 1.807) is 35.2 Å². The SMILES string of the molecule is CCOC(=O)c1ccc2c(c1)n1c(=O)c3cccc4c(SC)ccc(c43)c1[n+]2C. The molecular formula is C23H19N2O3S+. The number of carbonyl (C=O) groups excluding carboxylic acids is 1. The van der Waals surface area contributed by atoms with Crippen LogP contribution in [0, 0.1) is 0 Å². The van der Waals surface area contributed by atoms with Gasteiger partial charge in [0, 0.05) is 16.3 Å². The second-order valence-electron chi connectivity index (χ2n) is 6.99. The average molecular weight is 403 g/mol. The third kappa shape index (κ3) is 2.39. The molecule has 0 radical (unpaired) electrons. The lowest BCUT2D eigenvalue weighted by Crippen LogP contribution is -2.29. The van der Waals surface area contributed by atoms with Crippen molar-refractivity contribution in [3.05, 3.63) is 64.4 Å². The number of aromatic nitrogens is 2. The summed E-state index contributed by atoms with van der Waals surface area (Å²) in [6, 6.07) is 15.4. The third-order valence-corrected chi connectivity index (χ3v) is 6.31. The van der Waals surface area contributed by atoms with Crippen LogP contribution in [0.4, 0.5) is 0 Å². The van der Waals surface area contributed by atoms with Crippen LogP contribution in [-0.2, 0) is 11.8 Å². The maximum absolute atomic E-state index is 13.6. The minimum absolute atomic E-state index is 0.0806. The third-order valence-electron chi connectivity index (χ3n) is 5.51. The van der Waals surface area contributed by atoms with Crippen LogP contribution in [-0.4, -0.2) is 23.2 Å². The second-order valence-corrected chi connectivity index (χ2v) is 7.84. The Hall–Kier alpha value is -3.12. The van der Waals surface area contributed by atoms with E-state index in [2.05, 4.69) is 18.2 Å². The zero-order chi connectivity index (χ0) is 20.3. The summed E-state index contributed by atoms with van der Waals surface area (Å²) in [4.78, 5) is 26.9. The van der Waals surface area contributed by atoms with Crippen LogP contribution in [0.25, 0.3) is 38.2 Å². The molecule has 2 heterocycles. The Balaban J connectivity index is 2.01. The monoisotopic (exact) mass is 403 g/mol. The van der Waals surface area contributed by atoms with E-state index in [0.29, 0.717) is 23.1 Å². The number of nitrogens with zero attached hydrogens (tertiary/aromatic N) is 2. The van der Waals surface area contributed by atoms with Gasteiger partial charge in [-0.05, 0) is 48.9 Å². The molecule has 0 atom stereocenters. The number of thioether (sulfide) groups is 1. The van der Waals surface area contributed by atoms with E-state index in [9.17, 15) is 9.59 Å². The number of carbonyl (C=O) groups is 1. The predicted octanol–water partition coefficient (Wildman–Crippen LogP) is 3.92. The second kappa shape index (κ2) is 6.46. The molecule has 0 aliphatic heterocycles. The minimum Gasteiger partial charge on any atom is -0.462 e. The first-order valence-electron chi connectivity index (χ1n) is 9.43. The summed E-state index contributed by atoms with van der Waals surface area (Å²) in [5.74, 6) is -0.386. The fourth-order valence-corrected chi connectivity index (χ4v) is 4.85. The molecule has 0 aliphatic carbocycles. The van der Waals surface area contributed by atoms with Crippen molar-refractivity contribution in [2.45, 2.75) is 11.8 Å². The van der Waals surface area contributed by atoms with E-state index in [1.165, 1.54) is 0 Å². The molecule has 0 bridgehead atoms. The van der Waals surface area contributed by atoms with Gasteiger partial charge < -0.3 is 4.74 Å². The van der Waals surface area contributed by atoms with Crippen LogP contribution < -0.4 is 10.1 Å². The fourth-order valence-electron chi connectivity index (χ4n) is 4.26. The number of ether oxygens (including phenoxy) is 1. The van der Waals surface area contributed by atoms with Crippen LogP contribution in [0.2, 0.25) is 0 Å². The van der Waals surface area contributed by atoms with Crippen LogP contribution in [0.1, 0.15) is 17.3 Å². The Morgan fingerprint density at radius 2 is 1.90 bits per heavy atom. The van der Waals surface area contributed by atoms with Gasteiger partial charge >= 0.3 is 11.5 Å². The van der Waals surface area contributed by atoms with Gasteiger partial charge in [-0.2, -0.15) is 4.40 Å². The number of hydrogen-bond donors (Lipinski definition) is 0. The summed E-state index contributed by atoms with van der Waals surface area (Å²) < 4.78 is 8.88. The Morgan fingerprint density at radius 3 is 2.66 bits per heavy atom. The van der Waals surface area contributed by atoms with Crippen molar-refractivity contribution in [1.29, 1.82) is 0 Å². The molecule has 0 fully saturated rings. The van der Waals surface area contributed by atoms with Gasteiger partial charge in [-0.3, -0.25) is 0 Å². The van der Waals surface area contributed by atoms with Gasteiger partial charge in [-0.25, -0.2) is 14.2 Å². The molecule has 0 amide bonds. The topological polar surface area (TPSA) is 51.7 Å². The Labute approximate surface area is 170 Å². The first-order chi connectivity index (χ1) is 14.1. The highest BCUT2D eigenvalue weighted by Gasteiger charge is 2.26. The molecule has 5 aromatic rings. The fraction of sp³-hybridized carbons (Fsp3) is 0.174. The number of esters is 1. The first-order valence-corrected chi connectivity index (χ1v) is 10.7. The van der Waals surface area contributed by atoms with Crippen LogP contribution in [0.3, 0.4) is 0 Å². The largest absolute Gasteiger partial charge is 0.462 e. The number of rotatable bonds is 3. The summed E-state index contributed by atoms with van der Waals surface area (Å²) in [6.45, 7) is 2.09. The van der Waals surface area contributed by atoms with Crippen molar-refractivity contribution < 1.29 is 14.1 Å². The zero-order valence-electron chi connectivity index (χ0n) is 16.4. The quantitative estimate of drug-likeness (QED) is 0.260. The number of pyridine rings is 1. The van der Waals surface area contributed by atoms with Gasteiger partial charge in [-0.1, -0.05) is 12.1 Å². The van der Waals surface area contributed by atoms with E-state index in [4.69, 9.17) is 4.74 Å². The molecule has 2 aromatic heterocycles. The highest BCUT2D eigenvalue weighted by atomic mass is 32.2. The zero-order valence-corrected chi connectivity index (χ0v) is 17.2. The number of benzene rings is 3. The van der Waals surface area contributed by atoms with Crippen molar-refractivity contribution in [2.24, 2.45) is 7.05 Å². The number of hydrogen-bond acceptors (Lipinski definition) is 4. The highest BCUT2D eigenvalue weighted by molar-refractivity contribution is 7.98. The van der Waals surface area contributed by atoms with E-state index in [0.717, 1.165) is 32.2 Å². The number of fused-ring (bicyclic) bond motifs is 4. The molecule has 144 valence electrons. The van der Waals surface area contributed by atoms with Crippen molar-refractivity contribution in [1.82, 2.24) is 4.40 Å². The molecule has 0 spiro atoms. The standard InChI is InChI=1S/C23H19N2O3S/c1-4-28-23(27)13-8-10-17-18(12-13)25-21(24(17)2)15-9-11-19(29-3)14-6-5-7-16(20(14)15)22(25)26/h5-12H,4H2,1-3H3/q+1. The van der Waals surface area contributed by atoms with Crippen LogP contribution in [0.15, 0.2) is 58.2 Å². The molecule has 5 rings (SSSR count). The first kappa shape index (κ1) is 17.9. The molecule has 0 N–H and O–H groups in total. The van der Waals surface area contributed by atoms with Gasteiger partial charge in [-0.15, -0.1) is 11.8 Å². The van der Waals surface area contributed by atoms with E-state index in [-0.39, 0.29) is 11.5 Å².